The van der Waals surface area contributed by atoms with E-state index in [1.807, 2.05) is 0 Å². The highest BCUT2D eigenvalue weighted by Gasteiger charge is 2.24. The normalized spacial score (nSPS) is 15.2. The Morgan fingerprint density at radius 2 is 1.96 bits per heavy atom. The topological polar surface area (TPSA) is 51.3 Å². The quantitative estimate of drug-likeness (QED) is 0.889. The Labute approximate surface area is 152 Å². The standard InChI is InChI=1S/C20H25F2N3O/c1-13(2)19-6-4-17-12-24(7-8-25(17)19)20(26)11-16(23)10-14-9-15(21)3-5-18(14)22/h3-6,9,13,16H,7-8,10-12,23H2,1-2H3/t16-/m1/s1. The summed E-state index contributed by atoms with van der Waals surface area (Å²) in [6.45, 7) is 6.29. The minimum atomic E-state index is -0.543. The first-order valence-corrected chi connectivity index (χ1v) is 9.00. The van der Waals surface area contributed by atoms with Gasteiger partial charge in [0.25, 0.3) is 0 Å². The Kier molecular flexibility index (Phi) is 5.41. The molecule has 1 aliphatic heterocycles. The molecule has 2 aromatic rings. The molecule has 1 amide bonds. The maximum atomic E-state index is 13.7. The van der Waals surface area contributed by atoms with Crippen molar-refractivity contribution in [2.24, 2.45) is 5.73 Å². The van der Waals surface area contributed by atoms with Gasteiger partial charge in [-0.1, -0.05) is 13.8 Å². The largest absolute Gasteiger partial charge is 0.345 e. The van der Waals surface area contributed by atoms with E-state index in [-0.39, 0.29) is 24.3 Å². The molecule has 1 aliphatic rings. The number of amides is 1. The number of nitrogens with zero attached hydrogens (tertiary/aromatic N) is 2. The third-order valence-electron chi connectivity index (χ3n) is 4.92. The summed E-state index contributed by atoms with van der Waals surface area (Å²) in [4.78, 5) is 14.4. The molecular formula is C20H25F2N3O. The summed E-state index contributed by atoms with van der Waals surface area (Å²) in [5.41, 5.74) is 8.64. The molecule has 6 heteroatoms. The highest BCUT2D eigenvalue weighted by Crippen LogP contribution is 2.23. The maximum absolute atomic E-state index is 13.7. The van der Waals surface area contributed by atoms with Gasteiger partial charge in [-0.25, -0.2) is 8.78 Å². The van der Waals surface area contributed by atoms with Gasteiger partial charge in [-0.15, -0.1) is 0 Å². The Morgan fingerprint density at radius 1 is 1.19 bits per heavy atom. The van der Waals surface area contributed by atoms with E-state index in [4.69, 9.17) is 5.73 Å². The fourth-order valence-electron chi connectivity index (χ4n) is 3.56. The van der Waals surface area contributed by atoms with Crippen LogP contribution in [-0.2, 0) is 24.3 Å². The van der Waals surface area contributed by atoms with Gasteiger partial charge in [0, 0.05) is 36.9 Å². The van der Waals surface area contributed by atoms with E-state index in [9.17, 15) is 13.6 Å². The Hall–Kier alpha value is -2.21. The van der Waals surface area contributed by atoms with Crippen molar-refractivity contribution in [3.8, 4) is 0 Å². The fraction of sp³-hybridized carbons (Fsp3) is 0.450. The first-order chi connectivity index (χ1) is 12.3. The molecule has 2 N–H and O–H groups in total. The van der Waals surface area contributed by atoms with E-state index in [1.165, 1.54) is 5.69 Å². The van der Waals surface area contributed by atoms with Crippen molar-refractivity contribution in [3.63, 3.8) is 0 Å². The number of benzene rings is 1. The first-order valence-electron chi connectivity index (χ1n) is 9.00. The molecule has 0 radical (unpaired) electrons. The molecule has 1 aromatic heterocycles. The van der Waals surface area contributed by atoms with Crippen LogP contribution in [0.5, 0.6) is 0 Å². The first kappa shape index (κ1) is 18.6. The number of carbonyl (C=O) groups is 1. The predicted molar refractivity (Wildman–Crippen MR) is 96.6 cm³/mol. The number of halogens is 2. The van der Waals surface area contributed by atoms with Gasteiger partial charge in [0.15, 0.2) is 0 Å². The molecule has 0 unspecified atom stereocenters. The van der Waals surface area contributed by atoms with Crippen LogP contribution in [0.3, 0.4) is 0 Å². The lowest BCUT2D eigenvalue weighted by atomic mass is 10.0. The third kappa shape index (κ3) is 3.96. The van der Waals surface area contributed by atoms with Gasteiger partial charge >= 0.3 is 0 Å². The van der Waals surface area contributed by atoms with Crippen molar-refractivity contribution in [1.82, 2.24) is 9.47 Å². The second kappa shape index (κ2) is 7.58. The Balaban J connectivity index is 1.60. The Bertz CT molecular complexity index is 800. The molecular weight excluding hydrogens is 336 g/mol. The molecule has 140 valence electrons. The molecule has 0 spiro atoms. The average molecular weight is 361 g/mol. The molecule has 2 heterocycles. The van der Waals surface area contributed by atoms with Crippen LogP contribution in [0.4, 0.5) is 8.78 Å². The lowest BCUT2D eigenvalue weighted by molar-refractivity contribution is -0.133. The summed E-state index contributed by atoms with van der Waals surface area (Å²) in [5, 5.41) is 0. The number of fused-ring (bicyclic) bond motifs is 1. The number of carbonyl (C=O) groups excluding carboxylic acids is 1. The lowest BCUT2D eigenvalue weighted by Gasteiger charge is -2.31. The minimum absolute atomic E-state index is 0.0483. The van der Waals surface area contributed by atoms with E-state index >= 15 is 0 Å². The van der Waals surface area contributed by atoms with Crippen molar-refractivity contribution in [3.05, 3.63) is 58.9 Å². The second-order valence-corrected chi connectivity index (χ2v) is 7.28. The van der Waals surface area contributed by atoms with Crippen LogP contribution in [0.15, 0.2) is 30.3 Å². The van der Waals surface area contributed by atoms with Crippen LogP contribution in [-0.4, -0.2) is 28.0 Å². The molecule has 3 rings (SSSR count). The highest BCUT2D eigenvalue weighted by molar-refractivity contribution is 5.77. The van der Waals surface area contributed by atoms with Crippen LogP contribution >= 0.6 is 0 Å². The number of hydrogen-bond donors (Lipinski definition) is 1. The van der Waals surface area contributed by atoms with Gasteiger partial charge < -0.3 is 15.2 Å². The van der Waals surface area contributed by atoms with Gasteiger partial charge in [-0.05, 0) is 48.2 Å². The maximum Gasteiger partial charge on any atom is 0.224 e. The van der Waals surface area contributed by atoms with Crippen molar-refractivity contribution >= 4 is 5.91 Å². The van der Waals surface area contributed by atoms with E-state index < -0.39 is 17.7 Å². The van der Waals surface area contributed by atoms with E-state index in [0.717, 1.165) is 30.4 Å². The molecule has 0 saturated heterocycles. The summed E-state index contributed by atoms with van der Waals surface area (Å²) in [6, 6.07) is 6.94. The summed E-state index contributed by atoms with van der Waals surface area (Å²) in [7, 11) is 0. The summed E-state index contributed by atoms with van der Waals surface area (Å²) in [6.07, 6.45) is 0.255. The summed E-state index contributed by atoms with van der Waals surface area (Å²) in [5.74, 6) is -0.600. The second-order valence-electron chi connectivity index (χ2n) is 7.28. The van der Waals surface area contributed by atoms with Crippen LogP contribution in [0.1, 0.15) is 43.1 Å². The van der Waals surface area contributed by atoms with Gasteiger partial charge in [0.2, 0.25) is 5.91 Å². The minimum Gasteiger partial charge on any atom is -0.345 e. The lowest BCUT2D eigenvalue weighted by Crippen LogP contribution is -2.41. The van der Waals surface area contributed by atoms with E-state index in [2.05, 4.69) is 30.5 Å². The summed E-state index contributed by atoms with van der Waals surface area (Å²) >= 11 is 0. The van der Waals surface area contributed by atoms with Crippen molar-refractivity contribution in [2.75, 3.05) is 6.54 Å². The molecule has 0 fully saturated rings. The zero-order valence-corrected chi connectivity index (χ0v) is 15.2. The van der Waals surface area contributed by atoms with Crippen LogP contribution in [0.2, 0.25) is 0 Å². The Morgan fingerprint density at radius 3 is 2.69 bits per heavy atom. The molecule has 1 aromatic carbocycles. The zero-order chi connectivity index (χ0) is 18.8. The average Bonchev–Trinajstić information content (AvgIpc) is 3.01. The number of hydrogen-bond acceptors (Lipinski definition) is 2. The predicted octanol–water partition coefficient (Wildman–Crippen LogP) is 3.19. The molecule has 0 aliphatic carbocycles. The van der Waals surface area contributed by atoms with Crippen molar-refractivity contribution in [2.45, 2.75) is 51.7 Å². The molecule has 1 atom stereocenters. The van der Waals surface area contributed by atoms with Crippen molar-refractivity contribution in [1.29, 1.82) is 0 Å². The fourth-order valence-corrected chi connectivity index (χ4v) is 3.56. The molecule has 0 bridgehead atoms. The van der Waals surface area contributed by atoms with Crippen LogP contribution in [0, 0.1) is 11.6 Å². The number of aromatic nitrogens is 1. The van der Waals surface area contributed by atoms with Crippen molar-refractivity contribution < 1.29 is 13.6 Å². The zero-order valence-electron chi connectivity index (χ0n) is 15.2. The van der Waals surface area contributed by atoms with E-state index in [1.54, 1.807) is 4.90 Å². The van der Waals surface area contributed by atoms with Gasteiger partial charge in [-0.3, -0.25) is 4.79 Å². The monoisotopic (exact) mass is 361 g/mol. The summed E-state index contributed by atoms with van der Waals surface area (Å²) < 4.78 is 29.3. The third-order valence-corrected chi connectivity index (χ3v) is 4.92. The highest BCUT2D eigenvalue weighted by atomic mass is 19.1. The van der Waals surface area contributed by atoms with Gasteiger partial charge in [0.1, 0.15) is 11.6 Å². The smallest absolute Gasteiger partial charge is 0.224 e. The SMILES string of the molecule is CC(C)c1ccc2n1CCN(C(=O)C[C@H](N)Cc1cc(F)ccc1F)C2. The van der Waals surface area contributed by atoms with Crippen LogP contribution < -0.4 is 5.73 Å². The van der Waals surface area contributed by atoms with E-state index in [0.29, 0.717) is 19.0 Å². The molecule has 4 nitrogen and oxygen atoms in total. The molecule has 0 saturated carbocycles. The van der Waals surface area contributed by atoms with Gasteiger partial charge in [-0.2, -0.15) is 0 Å². The number of rotatable bonds is 5. The molecule has 26 heavy (non-hydrogen) atoms. The van der Waals surface area contributed by atoms with Crippen LogP contribution in [0.25, 0.3) is 0 Å². The van der Waals surface area contributed by atoms with Gasteiger partial charge in [0.05, 0.1) is 6.54 Å². The number of nitrogens with two attached hydrogens (primary N) is 1.